The standard InChI is InChI=1S/C15H23N3O3S2/c16-12-5-9-17(10-6-12)14(19)11-13-3-4-15(22-13)23(20,21)18-7-1-2-8-18/h3-4,12H,1-2,5-11,16H2. The van der Waals surface area contributed by atoms with Gasteiger partial charge >= 0.3 is 0 Å². The van der Waals surface area contributed by atoms with E-state index >= 15 is 0 Å². The molecule has 23 heavy (non-hydrogen) atoms. The number of rotatable bonds is 4. The molecule has 0 saturated carbocycles. The van der Waals surface area contributed by atoms with Gasteiger partial charge in [0.05, 0.1) is 6.42 Å². The molecule has 0 spiro atoms. The lowest BCUT2D eigenvalue weighted by Crippen LogP contribution is -2.43. The van der Waals surface area contributed by atoms with Crippen LogP contribution in [0, 0.1) is 0 Å². The number of sulfonamides is 1. The normalized spacial score (nSPS) is 21.0. The minimum atomic E-state index is -3.38. The summed E-state index contributed by atoms with van der Waals surface area (Å²) in [5.41, 5.74) is 5.85. The lowest BCUT2D eigenvalue weighted by Gasteiger charge is -2.30. The molecule has 128 valence electrons. The SMILES string of the molecule is NC1CCN(C(=O)Cc2ccc(S(=O)(=O)N3CCCC3)s2)CC1. The first-order chi connectivity index (χ1) is 11.0. The molecule has 1 aromatic heterocycles. The van der Waals surface area contributed by atoms with E-state index in [2.05, 4.69) is 0 Å². The number of piperidine rings is 1. The Labute approximate surface area is 141 Å². The van der Waals surface area contributed by atoms with Gasteiger partial charge in [-0.3, -0.25) is 4.79 Å². The highest BCUT2D eigenvalue weighted by Crippen LogP contribution is 2.28. The Hall–Kier alpha value is -0.960. The number of amides is 1. The molecule has 0 unspecified atom stereocenters. The number of nitrogens with two attached hydrogens (primary N) is 1. The number of carbonyl (C=O) groups excluding carboxylic acids is 1. The Kier molecular flexibility index (Phi) is 5.05. The van der Waals surface area contributed by atoms with E-state index in [9.17, 15) is 13.2 Å². The van der Waals surface area contributed by atoms with Crippen LogP contribution in [-0.4, -0.2) is 55.8 Å². The van der Waals surface area contributed by atoms with Gasteiger partial charge in [0.2, 0.25) is 5.91 Å². The average molecular weight is 358 g/mol. The van der Waals surface area contributed by atoms with Gasteiger partial charge in [-0.05, 0) is 37.8 Å². The Morgan fingerprint density at radius 1 is 1.17 bits per heavy atom. The molecular formula is C15H23N3O3S2. The van der Waals surface area contributed by atoms with Gasteiger partial charge in [-0.25, -0.2) is 8.42 Å². The topological polar surface area (TPSA) is 83.7 Å². The lowest BCUT2D eigenvalue weighted by molar-refractivity contribution is -0.131. The highest BCUT2D eigenvalue weighted by atomic mass is 32.2. The van der Waals surface area contributed by atoms with Crippen LogP contribution in [0.25, 0.3) is 0 Å². The van der Waals surface area contributed by atoms with Crippen molar-refractivity contribution in [2.75, 3.05) is 26.2 Å². The molecule has 0 bridgehead atoms. The van der Waals surface area contributed by atoms with Gasteiger partial charge in [-0.1, -0.05) is 0 Å². The summed E-state index contributed by atoms with van der Waals surface area (Å²) in [5.74, 6) is 0.0591. The molecule has 2 fully saturated rings. The van der Waals surface area contributed by atoms with Crippen molar-refractivity contribution in [3.8, 4) is 0 Å². The van der Waals surface area contributed by atoms with Crippen LogP contribution in [0.2, 0.25) is 0 Å². The van der Waals surface area contributed by atoms with Crippen molar-refractivity contribution >= 4 is 27.3 Å². The maximum absolute atomic E-state index is 12.5. The Morgan fingerprint density at radius 2 is 1.83 bits per heavy atom. The fourth-order valence-electron chi connectivity index (χ4n) is 3.06. The molecule has 3 heterocycles. The van der Waals surface area contributed by atoms with E-state index in [4.69, 9.17) is 5.73 Å². The third-order valence-electron chi connectivity index (χ3n) is 4.51. The average Bonchev–Trinajstić information content (AvgIpc) is 3.19. The molecular weight excluding hydrogens is 334 g/mol. The summed E-state index contributed by atoms with van der Waals surface area (Å²) in [4.78, 5) is 15.0. The summed E-state index contributed by atoms with van der Waals surface area (Å²) in [6.45, 7) is 2.60. The molecule has 2 saturated heterocycles. The van der Waals surface area contributed by atoms with E-state index in [-0.39, 0.29) is 18.4 Å². The zero-order chi connectivity index (χ0) is 16.4. The zero-order valence-corrected chi connectivity index (χ0v) is 14.7. The van der Waals surface area contributed by atoms with Gasteiger partial charge in [0.25, 0.3) is 10.0 Å². The second-order valence-corrected chi connectivity index (χ2v) is 9.56. The molecule has 1 aromatic rings. The molecule has 6 nitrogen and oxygen atoms in total. The Balaban J connectivity index is 1.64. The van der Waals surface area contributed by atoms with Crippen LogP contribution in [0.3, 0.4) is 0 Å². The van der Waals surface area contributed by atoms with Gasteiger partial charge in [0.1, 0.15) is 4.21 Å². The predicted octanol–water partition coefficient (Wildman–Crippen LogP) is 1.02. The molecule has 2 aliphatic heterocycles. The summed E-state index contributed by atoms with van der Waals surface area (Å²) in [6, 6.07) is 3.59. The Bertz CT molecular complexity index is 657. The quantitative estimate of drug-likeness (QED) is 0.872. The number of likely N-dealkylation sites (tertiary alicyclic amines) is 1. The van der Waals surface area contributed by atoms with E-state index < -0.39 is 10.0 Å². The second-order valence-electron chi connectivity index (χ2n) is 6.23. The highest BCUT2D eigenvalue weighted by molar-refractivity contribution is 7.91. The summed E-state index contributed by atoms with van der Waals surface area (Å²) >= 11 is 1.22. The Morgan fingerprint density at radius 3 is 2.48 bits per heavy atom. The van der Waals surface area contributed by atoms with E-state index in [1.165, 1.54) is 15.6 Å². The van der Waals surface area contributed by atoms with Gasteiger partial charge in [-0.2, -0.15) is 4.31 Å². The van der Waals surface area contributed by atoms with Crippen LogP contribution >= 0.6 is 11.3 Å². The van der Waals surface area contributed by atoms with Crippen molar-refractivity contribution in [1.29, 1.82) is 0 Å². The first-order valence-electron chi connectivity index (χ1n) is 8.09. The first-order valence-corrected chi connectivity index (χ1v) is 10.3. The van der Waals surface area contributed by atoms with Gasteiger partial charge in [-0.15, -0.1) is 11.3 Å². The van der Waals surface area contributed by atoms with Crippen molar-refractivity contribution in [1.82, 2.24) is 9.21 Å². The molecule has 1 amide bonds. The van der Waals surface area contributed by atoms with E-state index in [0.29, 0.717) is 30.4 Å². The molecule has 8 heteroatoms. The largest absolute Gasteiger partial charge is 0.342 e. The van der Waals surface area contributed by atoms with Crippen LogP contribution in [0.15, 0.2) is 16.3 Å². The third kappa shape index (κ3) is 3.76. The molecule has 0 radical (unpaired) electrons. The fraction of sp³-hybridized carbons (Fsp3) is 0.667. The maximum atomic E-state index is 12.5. The van der Waals surface area contributed by atoms with E-state index in [1.807, 2.05) is 4.90 Å². The number of hydrogen-bond donors (Lipinski definition) is 1. The van der Waals surface area contributed by atoms with Gasteiger partial charge in [0, 0.05) is 37.1 Å². The number of carbonyl (C=O) groups is 1. The maximum Gasteiger partial charge on any atom is 0.252 e. The highest BCUT2D eigenvalue weighted by Gasteiger charge is 2.29. The fourth-order valence-corrected chi connectivity index (χ4v) is 6.08. The zero-order valence-electron chi connectivity index (χ0n) is 13.1. The number of nitrogens with zero attached hydrogens (tertiary/aromatic N) is 2. The van der Waals surface area contributed by atoms with Crippen molar-refractivity contribution in [3.63, 3.8) is 0 Å². The summed E-state index contributed by atoms with van der Waals surface area (Å²) in [6.07, 6.45) is 3.80. The summed E-state index contributed by atoms with van der Waals surface area (Å²) in [5, 5.41) is 0. The van der Waals surface area contributed by atoms with Crippen molar-refractivity contribution in [2.24, 2.45) is 5.73 Å². The van der Waals surface area contributed by atoms with Gasteiger partial charge in [0.15, 0.2) is 0 Å². The van der Waals surface area contributed by atoms with Crippen molar-refractivity contribution in [2.45, 2.75) is 42.4 Å². The monoisotopic (exact) mass is 357 g/mol. The number of thiophene rings is 1. The van der Waals surface area contributed by atoms with Crippen LogP contribution in [0.1, 0.15) is 30.6 Å². The van der Waals surface area contributed by atoms with E-state index in [0.717, 1.165) is 30.6 Å². The van der Waals surface area contributed by atoms with Gasteiger partial charge < -0.3 is 10.6 Å². The molecule has 2 N–H and O–H groups in total. The third-order valence-corrected chi connectivity index (χ3v) is 7.97. The molecule has 0 aliphatic carbocycles. The predicted molar refractivity (Wildman–Crippen MR) is 89.8 cm³/mol. The van der Waals surface area contributed by atoms with Crippen molar-refractivity contribution < 1.29 is 13.2 Å². The minimum Gasteiger partial charge on any atom is -0.342 e. The van der Waals surface area contributed by atoms with Crippen LogP contribution in [0.4, 0.5) is 0 Å². The number of hydrogen-bond acceptors (Lipinski definition) is 5. The van der Waals surface area contributed by atoms with Crippen LogP contribution < -0.4 is 5.73 Å². The minimum absolute atomic E-state index is 0.0591. The molecule has 0 atom stereocenters. The molecule has 0 aromatic carbocycles. The lowest BCUT2D eigenvalue weighted by atomic mass is 10.1. The van der Waals surface area contributed by atoms with Crippen LogP contribution in [-0.2, 0) is 21.2 Å². The molecule has 3 rings (SSSR count). The summed E-state index contributed by atoms with van der Waals surface area (Å²) < 4.78 is 26.9. The first kappa shape index (κ1) is 16.9. The summed E-state index contributed by atoms with van der Waals surface area (Å²) in [7, 11) is -3.38. The molecule has 2 aliphatic rings. The van der Waals surface area contributed by atoms with Crippen molar-refractivity contribution in [3.05, 3.63) is 17.0 Å². The van der Waals surface area contributed by atoms with E-state index in [1.54, 1.807) is 12.1 Å². The second kappa shape index (κ2) is 6.88. The smallest absolute Gasteiger partial charge is 0.252 e. The van der Waals surface area contributed by atoms with Crippen LogP contribution in [0.5, 0.6) is 0 Å².